The van der Waals surface area contributed by atoms with E-state index in [1.807, 2.05) is 29.2 Å². The molecule has 2 heterocycles. The maximum atomic E-state index is 14.1. The van der Waals surface area contributed by atoms with E-state index in [4.69, 9.17) is 4.42 Å². The quantitative estimate of drug-likeness (QED) is 0.687. The van der Waals surface area contributed by atoms with Gasteiger partial charge in [-0.05, 0) is 49.4 Å². The fraction of sp³-hybridized carbons (Fsp3) is 0.333. The van der Waals surface area contributed by atoms with Crippen LogP contribution in [0, 0.1) is 11.7 Å². The number of aromatic nitrogens is 1. The Balaban J connectivity index is 1.50. The number of halogens is 1. The summed E-state index contributed by atoms with van der Waals surface area (Å²) in [5, 5.41) is 0. The summed E-state index contributed by atoms with van der Waals surface area (Å²) >= 11 is 0. The minimum Gasteiger partial charge on any atom is -0.438 e. The van der Waals surface area contributed by atoms with Gasteiger partial charge in [0.2, 0.25) is 11.8 Å². The number of nitrogens with zero attached hydrogens (tertiary/aromatic N) is 2. The molecular formula is C21H19FN2O2. The lowest BCUT2D eigenvalue weighted by Crippen LogP contribution is -2.31. The third-order valence-electron chi connectivity index (χ3n) is 5.34. The largest absolute Gasteiger partial charge is 0.438 e. The van der Waals surface area contributed by atoms with Gasteiger partial charge in [0.15, 0.2) is 5.58 Å². The van der Waals surface area contributed by atoms with Gasteiger partial charge in [0, 0.05) is 18.0 Å². The highest BCUT2D eigenvalue weighted by atomic mass is 19.1. The number of hydrogen-bond donors (Lipinski definition) is 0. The SMILES string of the molecule is O=C(C1CC1)N1CCC[C@H]1c1nc2cc(-c3ccccc3F)ccc2o1. The summed E-state index contributed by atoms with van der Waals surface area (Å²) < 4.78 is 20.0. The fourth-order valence-electron chi connectivity index (χ4n) is 3.80. The summed E-state index contributed by atoms with van der Waals surface area (Å²) in [7, 11) is 0. The lowest BCUT2D eigenvalue weighted by molar-refractivity contribution is -0.133. The second-order valence-corrected chi connectivity index (χ2v) is 7.18. The zero-order chi connectivity index (χ0) is 17.7. The molecule has 4 nitrogen and oxygen atoms in total. The van der Waals surface area contributed by atoms with Crippen LogP contribution in [0.3, 0.4) is 0 Å². The molecule has 1 aliphatic heterocycles. The van der Waals surface area contributed by atoms with Gasteiger partial charge in [-0.3, -0.25) is 4.79 Å². The van der Waals surface area contributed by atoms with Gasteiger partial charge >= 0.3 is 0 Å². The van der Waals surface area contributed by atoms with Gasteiger partial charge in [-0.2, -0.15) is 0 Å². The van der Waals surface area contributed by atoms with Crippen molar-refractivity contribution in [2.75, 3.05) is 6.54 Å². The third-order valence-corrected chi connectivity index (χ3v) is 5.34. The molecule has 0 bridgehead atoms. The summed E-state index contributed by atoms with van der Waals surface area (Å²) in [5.74, 6) is 0.777. The van der Waals surface area contributed by atoms with E-state index in [0.717, 1.165) is 37.8 Å². The van der Waals surface area contributed by atoms with Crippen molar-refractivity contribution >= 4 is 17.0 Å². The maximum absolute atomic E-state index is 14.1. The molecule has 1 saturated heterocycles. The zero-order valence-corrected chi connectivity index (χ0v) is 14.3. The molecule has 2 fully saturated rings. The first-order valence-corrected chi connectivity index (χ1v) is 9.16. The van der Waals surface area contributed by atoms with Crippen molar-refractivity contribution in [1.82, 2.24) is 9.88 Å². The van der Waals surface area contributed by atoms with Gasteiger partial charge in [-0.15, -0.1) is 0 Å². The van der Waals surface area contributed by atoms with E-state index in [-0.39, 0.29) is 23.7 Å². The van der Waals surface area contributed by atoms with Crippen molar-refractivity contribution < 1.29 is 13.6 Å². The first-order valence-electron chi connectivity index (χ1n) is 9.16. The van der Waals surface area contributed by atoms with Crippen molar-refractivity contribution in [3.8, 4) is 11.1 Å². The zero-order valence-electron chi connectivity index (χ0n) is 14.3. The Hall–Kier alpha value is -2.69. The monoisotopic (exact) mass is 350 g/mol. The number of hydrogen-bond acceptors (Lipinski definition) is 3. The van der Waals surface area contributed by atoms with Crippen LogP contribution in [0.4, 0.5) is 4.39 Å². The number of likely N-dealkylation sites (tertiary alicyclic amines) is 1. The number of amides is 1. The van der Waals surface area contributed by atoms with Gasteiger partial charge in [0.25, 0.3) is 0 Å². The van der Waals surface area contributed by atoms with E-state index in [9.17, 15) is 9.18 Å². The van der Waals surface area contributed by atoms with Crippen LogP contribution < -0.4 is 0 Å². The van der Waals surface area contributed by atoms with Crippen molar-refractivity contribution in [2.45, 2.75) is 31.7 Å². The van der Waals surface area contributed by atoms with E-state index >= 15 is 0 Å². The highest BCUT2D eigenvalue weighted by Gasteiger charge is 2.40. The van der Waals surface area contributed by atoms with Crippen LogP contribution in [-0.2, 0) is 4.79 Å². The Morgan fingerprint density at radius 3 is 2.81 bits per heavy atom. The molecule has 0 spiro atoms. The van der Waals surface area contributed by atoms with Crippen molar-refractivity contribution in [2.24, 2.45) is 5.92 Å². The predicted molar refractivity (Wildman–Crippen MR) is 95.8 cm³/mol. The van der Waals surface area contributed by atoms with Crippen molar-refractivity contribution in [3.63, 3.8) is 0 Å². The molecule has 1 amide bonds. The third kappa shape index (κ3) is 2.59. The van der Waals surface area contributed by atoms with Gasteiger partial charge in [-0.1, -0.05) is 24.3 Å². The molecule has 1 aromatic heterocycles. The number of carbonyl (C=O) groups excluding carboxylic acids is 1. The number of oxazole rings is 1. The van der Waals surface area contributed by atoms with Crippen molar-refractivity contribution in [3.05, 3.63) is 54.2 Å². The minimum absolute atomic E-state index is 0.0765. The second kappa shape index (κ2) is 5.94. The van der Waals surface area contributed by atoms with E-state index < -0.39 is 0 Å². The highest BCUT2D eigenvalue weighted by Crippen LogP contribution is 2.39. The molecule has 0 radical (unpaired) electrons. The lowest BCUT2D eigenvalue weighted by atomic mass is 10.0. The van der Waals surface area contributed by atoms with Gasteiger partial charge < -0.3 is 9.32 Å². The summed E-state index contributed by atoms with van der Waals surface area (Å²) in [5.41, 5.74) is 2.69. The number of rotatable bonds is 3. The van der Waals surface area contributed by atoms with Crippen LogP contribution >= 0.6 is 0 Å². The number of benzene rings is 2. The second-order valence-electron chi connectivity index (χ2n) is 7.18. The van der Waals surface area contributed by atoms with Crippen molar-refractivity contribution in [1.29, 1.82) is 0 Å². The molecular weight excluding hydrogens is 331 g/mol. The number of carbonyl (C=O) groups is 1. The van der Waals surface area contributed by atoms with Crippen LogP contribution in [0.25, 0.3) is 22.2 Å². The molecule has 0 N–H and O–H groups in total. The van der Waals surface area contributed by atoms with Gasteiger partial charge in [0.05, 0.1) is 0 Å². The van der Waals surface area contributed by atoms with Crippen LogP contribution in [-0.4, -0.2) is 22.3 Å². The Bertz CT molecular complexity index is 993. The fourth-order valence-corrected chi connectivity index (χ4v) is 3.80. The normalized spacial score (nSPS) is 20.0. The van der Waals surface area contributed by atoms with Crippen LogP contribution in [0.5, 0.6) is 0 Å². The maximum Gasteiger partial charge on any atom is 0.226 e. The molecule has 26 heavy (non-hydrogen) atoms. The molecule has 1 atom stereocenters. The summed E-state index contributed by atoms with van der Waals surface area (Å²) in [4.78, 5) is 19.1. The summed E-state index contributed by atoms with van der Waals surface area (Å²) in [6.45, 7) is 0.777. The topological polar surface area (TPSA) is 46.3 Å². The van der Waals surface area contributed by atoms with E-state index in [1.54, 1.807) is 12.1 Å². The number of fused-ring (bicyclic) bond motifs is 1. The van der Waals surface area contributed by atoms with E-state index in [2.05, 4.69) is 4.98 Å². The molecule has 5 heteroatoms. The lowest BCUT2D eigenvalue weighted by Gasteiger charge is -2.22. The Kier molecular flexibility index (Phi) is 3.55. The van der Waals surface area contributed by atoms with Crippen LogP contribution in [0.2, 0.25) is 0 Å². The molecule has 2 aromatic carbocycles. The smallest absolute Gasteiger partial charge is 0.226 e. The standard InChI is InChI=1S/C21H19FN2O2/c22-16-5-2-1-4-15(16)14-9-10-19-17(12-14)23-20(26-19)18-6-3-11-24(18)21(25)13-7-8-13/h1-2,4-5,9-10,12-13,18H,3,6-8,11H2/t18-/m0/s1. The molecule has 1 aliphatic carbocycles. The molecule has 2 aliphatic rings. The predicted octanol–water partition coefficient (Wildman–Crippen LogP) is 4.71. The average molecular weight is 350 g/mol. The van der Waals surface area contributed by atoms with E-state index in [0.29, 0.717) is 22.6 Å². The molecule has 1 saturated carbocycles. The average Bonchev–Trinajstić information content (AvgIpc) is 3.23. The Morgan fingerprint density at radius 1 is 1.15 bits per heavy atom. The minimum atomic E-state index is -0.257. The molecule has 132 valence electrons. The van der Waals surface area contributed by atoms with Gasteiger partial charge in [0.1, 0.15) is 17.4 Å². The summed E-state index contributed by atoms with van der Waals surface area (Å²) in [6.07, 6.45) is 3.86. The van der Waals surface area contributed by atoms with Gasteiger partial charge in [-0.25, -0.2) is 9.37 Å². The molecule has 3 aromatic rings. The molecule has 0 unspecified atom stereocenters. The molecule has 5 rings (SSSR count). The van der Waals surface area contributed by atoms with Crippen LogP contribution in [0.15, 0.2) is 46.9 Å². The van der Waals surface area contributed by atoms with E-state index in [1.165, 1.54) is 6.07 Å². The Morgan fingerprint density at radius 2 is 2.00 bits per heavy atom. The highest BCUT2D eigenvalue weighted by molar-refractivity contribution is 5.82. The van der Waals surface area contributed by atoms with Crippen LogP contribution in [0.1, 0.15) is 37.6 Å². The Labute approximate surface area is 150 Å². The summed E-state index contributed by atoms with van der Waals surface area (Å²) in [6, 6.07) is 12.1. The first-order chi connectivity index (χ1) is 12.7. The first kappa shape index (κ1) is 15.6.